The van der Waals surface area contributed by atoms with Crippen LogP contribution in [0.3, 0.4) is 0 Å². The molecule has 0 atom stereocenters. The number of halogens is 1. The summed E-state index contributed by atoms with van der Waals surface area (Å²) in [7, 11) is 0. The summed E-state index contributed by atoms with van der Waals surface area (Å²) >= 11 is 3.60. The van der Waals surface area contributed by atoms with E-state index in [9.17, 15) is 0 Å². The van der Waals surface area contributed by atoms with Crippen LogP contribution >= 0.6 is 0 Å². The Morgan fingerprint density at radius 1 is 1.57 bits per heavy atom. The van der Waals surface area contributed by atoms with E-state index in [1.54, 1.807) is 0 Å². The summed E-state index contributed by atoms with van der Waals surface area (Å²) in [4.78, 5) is 0. The third-order valence-electron chi connectivity index (χ3n) is 0.566. The van der Waals surface area contributed by atoms with Crippen LogP contribution in [0.15, 0.2) is 0 Å². The Hall–Kier alpha value is 0.756. The zero-order valence-corrected chi connectivity index (χ0v) is 6.04. The molecule has 0 aliphatic rings. The summed E-state index contributed by atoms with van der Waals surface area (Å²) < 4.78 is 4.47. The van der Waals surface area contributed by atoms with Crippen molar-refractivity contribution in [2.24, 2.45) is 0 Å². The van der Waals surface area contributed by atoms with E-state index in [-0.39, 0.29) is 12.4 Å². The second-order valence-electron chi connectivity index (χ2n) is 1.15. The van der Waals surface area contributed by atoms with E-state index in [1.807, 2.05) is 0 Å². The summed E-state index contributed by atoms with van der Waals surface area (Å²) in [5.74, 6) is 0. The molecule has 1 nitrogen and oxygen atoms in total. The molecular weight excluding hydrogens is 158 g/mol. The molecular formula is C4H9ClCoO. The van der Waals surface area contributed by atoms with Crippen molar-refractivity contribution in [1.82, 2.24) is 0 Å². The summed E-state index contributed by atoms with van der Waals surface area (Å²) in [6, 6.07) is 0. The molecule has 7 heavy (non-hydrogen) atoms. The smallest absolute Gasteiger partial charge is 1.00 e. The number of rotatable bonds is 3. The molecule has 0 heterocycles. The zero-order valence-electron chi connectivity index (χ0n) is 4.24. The van der Waals surface area contributed by atoms with Gasteiger partial charge >= 0.3 is 46.3 Å². The molecule has 0 rings (SSSR count). The Balaban J connectivity index is 0. The van der Waals surface area contributed by atoms with E-state index in [4.69, 9.17) is 0 Å². The van der Waals surface area contributed by atoms with E-state index < -0.39 is 0 Å². The molecule has 0 radical (unpaired) electrons. The Morgan fingerprint density at radius 3 is 2.29 bits per heavy atom. The van der Waals surface area contributed by atoms with Gasteiger partial charge in [0, 0.05) is 0 Å². The minimum Gasteiger partial charge on any atom is -1.00 e. The SMILES string of the molecule is CCCC[O][Co+].[Cl-]. The van der Waals surface area contributed by atoms with Crippen molar-refractivity contribution < 1.29 is 32.3 Å². The van der Waals surface area contributed by atoms with Gasteiger partial charge in [0.25, 0.3) is 0 Å². The molecule has 0 amide bonds. The normalized spacial score (nSPS) is 7.71. The van der Waals surface area contributed by atoms with E-state index in [2.05, 4.69) is 26.8 Å². The molecule has 0 unspecified atom stereocenters. The molecule has 0 spiro atoms. The van der Waals surface area contributed by atoms with Crippen molar-refractivity contribution in [1.29, 1.82) is 0 Å². The Morgan fingerprint density at radius 2 is 2.14 bits per heavy atom. The molecule has 0 saturated heterocycles. The van der Waals surface area contributed by atoms with Gasteiger partial charge in [0.15, 0.2) is 0 Å². The summed E-state index contributed by atoms with van der Waals surface area (Å²) in [6.07, 6.45) is 2.29. The van der Waals surface area contributed by atoms with Crippen LogP contribution in [0.25, 0.3) is 0 Å². The molecule has 0 aliphatic heterocycles. The average molecular weight is 168 g/mol. The largest absolute Gasteiger partial charge is 1.00 e. The number of hydrogen-bond acceptors (Lipinski definition) is 1. The zero-order chi connectivity index (χ0) is 4.83. The maximum atomic E-state index is 4.47. The van der Waals surface area contributed by atoms with Gasteiger partial charge in [-0.05, 0) is 0 Å². The van der Waals surface area contributed by atoms with Crippen molar-refractivity contribution in [3.8, 4) is 0 Å². The van der Waals surface area contributed by atoms with Gasteiger partial charge in [-0.3, -0.25) is 0 Å². The van der Waals surface area contributed by atoms with Crippen LogP contribution in [0, 0.1) is 0 Å². The molecule has 0 fully saturated rings. The van der Waals surface area contributed by atoms with Crippen LogP contribution in [0.5, 0.6) is 0 Å². The van der Waals surface area contributed by atoms with Crippen molar-refractivity contribution in [2.75, 3.05) is 6.61 Å². The van der Waals surface area contributed by atoms with Gasteiger partial charge in [0.05, 0.1) is 0 Å². The minimum atomic E-state index is 0. The van der Waals surface area contributed by atoms with Crippen LogP contribution < -0.4 is 12.4 Å². The van der Waals surface area contributed by atoms with E-state index in [0.717, 1.165) is 13.0 Å². The fourth-order valence-electron chi connectivity index (χ4n) is 0.192. The van der Waals surface area contributed by atoms with Crippen molar-refractivity contribution >= 4 is 0 Å². The molecule has 0 bridgehead atoms. The summed E-state index contributed by atoms with van der Waals surface area (Å²) in [5, 5.41) is 0. The second kappa shape index (κ2) is 9.90. The predicted molar refractivity (Wildman–Crippen MR) is 20.9 cm³/mol. The number of unbranched alkanes of at least 4 members (excludes halogenated alkanes) is 1. The van der Waals surface area contributed by atoms with Gasteiger partial charge in [-0.15, -0.1) is 0 Å². The summed E-state index contributed by atoms with van der Waals surface area (Å²) in [5.41, 5.74) is 0. The predicted octanol–water partition coefficient (Wildman–Crippen LogP) is -1.73. The first-order chi connectivity index (χ1) is 2.91. The second-order valence-corrected chi connectivity index (χ2v) is 1.45. The van der Waals surface area contributed by atoms with Crippen LogP contribution in [-0.2, 0) is 19.9 Å². The molecule has 3 heteroatoms. The third-order valence-corrected chi connectivity index (χ3v) is 0.778. The van der Waals surface area contributed by atoms with Crippen LogP contribution in [0.2, 0.25) is 0 Å². The number of hydrogen-bond donors (Lipinski definition) is 0. The molecule has 0 N–H and O–H groups in total. The van der Waals surface area contributed by atoms with E-state index in [1.165, 1.54) is 6.42 Å². The van der Waals surface area contributed by atoms with Gasteiger partial charge in [-0.25, -0.2) is 0 Å². The van der Waals surface area contributed by atoms with E-state index >= 15 is 0 Å². The van der Waals surface area contributed by atoms with Gasteiger partial charge in [-0.2, -0.15) is 0 Å². The first kappa shape index (κ1) is 10.7. The average Bonchev–Trinajstić information content (AvgIpc) is 1.61. The van der Waals surface area contributed by atoms with Gasteiger partial charge in [0.1, 0.15) is 0 Å². The van der Waals surface area contributed by atoms with Gasteiger partial charge in [-0.1, -0.05) is 0 Å². The van der Waals surface area contributed by atoms with E-state index in [0.29, 0.717) is 0 Å². The van der Waals surface area contributed by atoms with Crippen molar-refractivity contribution in [3.63, 3.8) is 0 Å². The maximum absolute atomic E-state index is 4.47. The Labute approximate surface area is 59.1 Å². The van der Waals surface area contributed by atoms with Gasteiger partial charge < -0.3 is 12.4 Å². The minimum absolute atomic E-state index is 0. The molecule has 0 aliphatic carbocycles. The quantitative estimate of drug-likeness (QED) is 0.454. The fraction of sp³-hybridized carbons (Fsp3) is 1.00. The Bertz CT molecular complexity index is 23.7. The molecule has 0 saturated carbocycles. The third kappa shape index (κ3) is 10.8. The summed E-state index contributed by atoms with van der Waals surface area (Å²) in [6.45, 7) is 2.89. The topological polar surface area (TPSA) is 9.23 Å². The monoisotopic (exact) mass is 167 g/mol. The molecule has 0 aromatic rings. The standard InChI is InChI=1S/C4H9O.ClH.Co/c1-2-3-4-5;;/h2-4H2,1H3;1H;/q-1;;+2/p-1. The van der Waals surface area contributed by atoms with Crippen LogP contribution in [-0.4, -0.2) is 6.61 Å². The van der Waals surface area contributed by atoms with Crippen molar-refractivity contribution in [3.05, 3.63) is 0 Å². The van der Waals surface area contributed by atoms with Crippen LogP contribution in [0.4, 0.5) is 0 Å². The first-order valence-corrected chi connectivity index (χ1v) is 2.56. The van der Waals surface area contributed by atoms with Gasteiger partial charge in [0.2, 0.25) is 0 Å². The van der Waals surface area contributed by atoms with Crippen molar-refractivity contribution in [2.45, 2.75) is 19.8 Å². The Kier molecular flexibility index (Phi) is 15.1. The molecule has 0 aromatic carbocycles. The van der Waals surface area contributed by atoms with Crippen LogP contribution in [0.1, 0.15) is 19.8 Å². The first-order valence-electron chi connectivity index (χ1n) is 2.13. The molecule has 0 aromatic heterocycles. The fourth-order valence-corrected chi connectivity index (χ4v) is 0.343. The molecule has 47 valence electrons. The maximum Gasteiger partial charge on any atom is -1.00 e.